The second kappa shape index (κ2) is 13.9. The normalized spacial score (nSPS) is 12.1. The summed E-state index contributed by atoms with van der Waals surface area (Å²) in [4.78, 5) is 5.25. The van der Waals surface area contributed by atoms with Crippen LogP contribution in [0.1, 0.15) is 5.82 Å². The van der Waals surface area contributed by atoms with Crippen LogP contribution in [0.2, 0.25) is 5.11 Å². The number of fused-ring (bicyclic) bond motifs is 4. The molecule has 0 aliphatic rings. The smallest absolute Gasteiger partial charge is 0.106 e. The summed E-state index contributed by atoms with van der Waals surface area (Å²) in [6.07, 6.45) is 0. The standard InChI is InChI=1S/C51H41B5N2/c52-50(53,51(54,55)56)49-57-45-21-11-12-22-46(45)58(49)40-26-25-34-27-36(24-23-35(34)31-40)47-41-17-7-9-19-43(41)48(44-20-10-8-18-42(44)47)39-29-37(32-13-3-1-4-14-32)28-38(30-39)33-15-5-2-6-16-33/h1-31H,52-56H2. The highest BCUT2D eigenvalue weighted by Crippen LogP contribution is 2.46. The lowest BCUT2D eigenvalue weighted by Crippen LogP contribution is -2.45. The van der Waals surface area contributed by atoms with E-state index in [1.54, 1.807) is 0 Å². The van der Waals surface area contributed by atoms with Crippen LogP contribution in [0.15, 0.2) is 188 Å². The zero-order valence-electron chi connectivity index (χ0n) is 33.8. The number of benzene rings is 9. The lowest BCUT2D eigenvalue weighted by Gasteiger charge is -2.39. The summed E-state index contributed by atoms with van der Waals surface area (Å²) in [6.45, 7) is 0. The summed E-state index contributed by atoms with van der Waals surface area (Å²) >= 11 is 0. The molecule has 0 N–H and O–H groups in total. The van der Waals surface area contributed by atoms with E-state index in [1.165, 1.54) is 76.8 Å². The summed E-state index contributed by atoms with van der Waals surface area (Å²) in [5, 5.41) is 7.24. The first-order valence-electron chi connectivity index (χ1n) is 20.4. The Labute approximate surface area is 345 Å². The Morgan fingerprint density at radius 1 is 0.379 bits per heavy atom. The van der Waals surface area contributed by atoms with Crippen molar-refractivity contribution < 1.29 is 0 Å². The van der Waals surface area contributed by atoms with Crippen LogP contribution in [0, 0.1) is 0 Å². The first-order valence-corrected chi connectivity index (χ1v) is 20.4. The summed E-state index contributed by atoms with van der Waals surface area (Å²) < 4.78 is 2.38. The molecule has 0 radical (unpaired) electrons. The predicted octanol–water partition coefficient (Wildman–Crippen LogP) is 8.55. The largest absolute Gasteiger partial charge is 0.297 e. The van der Waals surface area contributed by atoms with Crippen molar-refractivity contribution in [1.29, 1.82) is 0 Å². The summed E-state index contributed by atoms with van der Waals surface area (Å²) in [7, 11) is 11.6. The third kappa shape index (κ3) is 6.00. The molecule has 0 bridgehead atoms. The van der Waals surface area contributed by atoms with Gasteiger partial charge in [0.1, 0.15) is 21.5 Å². The zero-order chi connectivity index (χ0) is 39.6. The molecular weight excluding hydrogens is 695 g/mol. The number of hydrogen-bond acceptors (Lipinski definition) is 1. The fraction of sp³-hybridized carbons (Fsp3) is 0.0392. The van der Waals surface area contributed by atoms with Crippen LogP contribution < -0.4 is 0 Å². The van der Waals surface area contributed by atoms with Crippen LogP contribution in [-0.4, -0.2) is 48.8 Å². The van der Waals surface area contributed by atoms with Gasteiger partial charge >= 0.3 is 0 Å². The van der Waals surface area contributed by atoms with E-state index in [2.05, 4.69) is 232 Å². The van der Waals surface area contributed by atoms with Crippen LogP contribution in [0.4, 0.5) is 0 Å². The van der Waals surface area contributed by atoms with Gasteiger partial charge in [0.25, 0.3) is 0 Å². The minimum atomic E-state index is -0.176. The lowest BCUT2D eigenvalue weighted by atomic mass is 9.23. The molecule has 0 spiro atoms. The monoisotopic (exact) mass is 736 g/mol. The summed E-state index contributed by atoms with van der Waals surface area (Å²) in [6, 6.07) is 68.9. The van der Waals surface area contributed by atoms with Crippen molar-refractivity contribution in [3.05, 3.63) is 194 Å². The topological polar surface area (TPSA) is 17.8 Å². The van der Waals surface area contributed by atoms with Crippen molar-refractivity contribution in [3.63, 3.8) is 0 Å². The van der Waals surface area contributed by atoms with E-state index in [4.69, 9.17) is 4.98 Å². The van der Waals surface area contributed by atoms with Gasteiger partial charge in [-0.3, -0.25) is 4.57 Å². The fourth-order valence-electron chi connectivity index (χ4n) is 8.69. The maximum absolute atomic E-state index is 5.25. The van der Waals surface area contributed by atoms with Gasteiger partial charge in [0, 0.05) is 5.69 Å². The highest BCUT2D eigenvalue weighted by Gasteiger charge is 2.38. The van der Waals surface area contributed by atoms with Crippen molar-refractivity contribution in [2.75, 3.05) is 0 Å². The quantitative estimate of drug-likeness (QED) is 0.119. The van der Waals surface area contributed by atoms with Crippen molar-refractivity contribution in [2.45, 2.75) is 10.3 Å². The maximum atomic E-state index is 5.25. The molecule has 2 nitrogen and oxygen atoms in total. The molecule has 0 atom stereocenters. The molecule has 0 saturated heterocycles. The van der Waals surface area contributed by atoms with Crippen molar-refractivity contribution in [3.8, 4) is 50.2 Å². The van der Waals surface area contributed by atoms with E-state index < -0.39 is 0 Å². The highest BCUT2D eigenvalue weighted by molar-refractivity contribution is 6.67. The van der Waals surface area contributed by atoms with E-state index >= 15 is 0 Å². The van der Waals surface area contributed by atoms with Gasteiger partial charge in [0.15, 0.2) is 0 Å². The minimum absolute atomic E-state index is 0.00779. The molecule has 270 valence electrons. The molecular formula is C51H41B5N2. The molecule has 0 aliphatic carbocycles. The first kappa shape index (κ1) is 35.9. The third-order valence-corrected chi connectivity index (χ3v) is 12.7. The Bertz CT molecular complexity index is 3070. The van der Waals surface area contributed by atoms with Crippen LogP contribution in [-0.2, 0) is 5.21 Å². The van der Waals surface area contributed by atoms with E-state index in [-0.39, 0.29) is 10.3 Å². The van der Waals surface area contributed by atoms with Crippen molar-refractivity contribution in [1.82, 2.24) is 9.55 Å². The third-order valence-electron chi connectivity index (χ3n) is 12.7. The Hall–Kier alpha value is -6.45. The molecule has 0 fully saturated rings. The van der Waals surface area contributed by atoms with Gasteiger partial charge in [-0.2, -0.15) is 0 Å². The van der Waals surface area contributed by atoms with Gasteiger partial charge in [-0.25, -0.2) is 4.98 Å². The van der Waals surface area contributed by atoms with E-state index in [0.717, 1.165) is 22.5 Å². The van der Waals surface area contributed by atoms with Gasteiger partial charge in [0.05, 0.1) is 34.6 Å². The molecule has 10 aromatic rings. The number of rotatable bonds is 7. The predicted molar refractivity (Wildman–Crippen MR) is 262 cm³/mol. The molecule has 10 rings (SSSR count). The van der Waals surface area contributed by atoms with E-state index in [1.807, 2.05) is 0 Å². The van der Waals surface area contributed by atoms with Crippen molar-refractivity contribution in [2.24, 2.45) is 0 Å². The van der Waals surface area contributed by atoms with Gasteiger partial charge in [-0.05, 0) is 131 Å². The second-order valence-electron chi connectivity index (χ2n) is 17.3. The highest BCUT2D eigenvalue weighted by atomic mass is 15.1. The summed E-state index contributed by atoms with van der Waals surface area (Å²) in [5.74, 6) is 1.08. The van der Waals surface area contributed by atoms with Gasteiger partial charge in [-0.1, -0.05) is 140 Å². The Balaban J connectivity index is 1.16. The van der Waals surface area contributed by atoms with Gasteiger partial charge in [-0.15, -0.1) is 5.11 Å². The van der Waals surface area contributed by atoms with E-state index in [0.29, 0.717) is 0 Å². The average molecular weight is 736 g/mol. The number of para-hydroxylation sites is 2. The molecule has 1 heterocycles. The van der Waals surface area contributed by atoms with Crippen LogP contribution in [0.3, 0.4) is 0 Å². The molecule has 0 amide bonds. The van der Waals surface area contributed by atoms with Crippen molar-refractivity contribution >= 4 is 82.6 Å². The zero-order valence-corrected chi connectivity index (χ0v) is 33.8. The molecule has 58 heavy (non-hydrogen) atoms. The number of imidazole rings is 1. The molecule has 0 unspecified atom stereocenters. The molecule has 9 aromatic carbocycles. The fourth-order valence-corrected chi connectivity index (χ4v) is 8.69. The SMILES string of the molecule is BC(B)(B)C(B)(B)c1nc2ccccc2n1-c1ccc2cc(-c3c4ccccc4c(-c4cc(-c5ccccc5)cc(-c5ccccc5)c4)c4ccccc34)ccc2c1. The lowest BCUT2D eigenvalue weighted by molar-refractivity contribution is 0.757. The van der Waals surface area contributed by atoms with Crippen LogP contribution >= 0.6 is 0 Å². The van der Waals surface area contributed by atoms with E-state index in [9.17, 15) is 0 Å². The minimum Gasteiger partial charge on any atom is -0.297 e. The van der Waals surface area contributed by atoms with Gasteiger partial charge < -0.3 is 0 Å². The molecule has 0 aliphatic heterocycles. The number of nitrogens with zero attached hydrogens (tertiary/aromatic N) is 2. The average Bonchev–Trinajstić information content (AvgIpc) is 3.66. The molecule has 7 heteroatoms. The first-order chi connectivity index (χ1) is 28.2. The van der Waals surface area contributed by atoms with Gasteiger partial charge in [0.2, 0.25) is 0 Å². The van der Waals surface area contributed by atoms with Crippen LogP contribution in [0.5, 0.6) is 0 Å². The Morgan fingerprint density at radius 2 is 0.845 bits per heavy atom. The number of aromatic nitrogens is 2. The summed E-state index contributed by atoms with van der Waals surface area (Å²) in [5.41, 5.74) is 13.1. The number of hydrogen-bond donors (Lipinski definition) is 0. The Kier molecular flexibility index (Phi) is 8.60. The second-order valence-corrected chi connectivity index (χ2v) is 17.3. The molecule has 0 saturated carbocycles. The Morgan fingerprint density at radius 3 is 1.41 bits per heavy atom. The van der Waals surface area contributed by atoms with Crippen LogP contribution in [0.25, 0.3) is 93.5 Å². The molecule has 1 aromatic heterocycles. The maximum Gasteiger partial charge on any atom is 0.106 e.